The quantitative estimate of drug-likeness (QED) is 0.194. The minimum absolute atomic E-state index is 0.0480. The summed E-state index contributed by atoms with van der Waals surface area (Å²) in [5.74, 6) is -0.0806. The summed E-state index contributed by atoms with van der Waals surface area (Å²) in [4.78, 5) is 21.2. The second-order valence-corrected chi connectivity index (χ2v) is 9.05. The minimum atomic E-state index is -0.442. The van der Waals surface area contributed by atoms with Gasteiger partial charge >= 0.3 is 0 Å². The molecule has 0 bridgehead atoms. The number of nitrogens with one attached hydrogen (secondary N) is 1. The number of likely N-dealkylation sites (tertiary alicyclic amines) is 1. The van der Waals surface area contributed by atoms with E-state index in [0.29, 0.717) is 28.2 Å². The number of aromatic hydroxyl groups is 1. The number of non-ortho nitro benzene ring substituents is 1. The Balaban J connectivity index is 1.52. The van der Waals surface area contributed by atoms with Crippen LogP contribution in [0, 0.1) is 10.1 Å². The molecule has 0 saturated carbocycles. The highest BCUT2D eigenvalue weighted by molar-refractivity contribution is 6.22. The van der Waals surface area contributed by atoms with Crippen molar-refractivity contribution in [1.29, 1.82) is 0 Å². The van der Waals surface area contributed by atoms with Crippen LogP contribution in [0.4, 0.5) is 11.4 Å². The van der Waals surface area contributed by atoms with Crippen molar-refractivity contribution in [2.24, 2.45) is 4.99 Å². The van der Waals surface area contributed by atoms with Crippen molar-refractivity contribution in [2.45, 2.75) is 25.4 Å². The van der Waals surface area contributed by atoms with Gasteiger partial charge in [0, 0.05) is 48.3 Å². The van der Waals surface area contributed by atoms with Crippen LogP contribution in [0.25, 0.3) is 10.9 Å². The number of nitrogens with zero attached hydrogens (tertiary/aromatic N) is 3. The topological polar surface area (TPSA) is 104 Å². The predicted molar refractivity (Wildman–Crippen MR) is 140 cm³/mol. The van der Waals surface area contributed by atoms with Gasteiger partial charge in [-0.1, -0.05) is 42.5 Å². The molecule has 2 N–H and O–H groups in total. The highest BCUT2D eigenvalue weighted by Crippen LogP contribution is 2.33. The van der Waals surface area contributed by atoms with Gasteiger partial charge in [0.25, 0.3) is 5.69 Å². The van der Waals surface area contributed by atoms with Gasteiger partial charge in [0.15, 0.2) is 5.88 Å². The van der Waals surface area contributed by atoms with Gasteiger partial charge in [-0.2, -0.15) is 0 Å². The smallest absolute Gasteiger partial charge is 0.270 e. The third kappa shape index (κ3) is 4.86. The van der Waals surface area contributed by atoms with Crippen molar-refractivity contribution >= 4 is 28.0 Å². The molecule has 2 heterocycles. The number of aliphatic imine (C=N–C) groups is 1. The summed E-state index contributed by atoms with van der Waals surface area (Å²) in [6.45, 7) is 2.67. The molecule has 36 heavy (non-hydrogen) atoms. The van der Waals surface area contributed by atoms with Crippen LogP contribution in [0.1, 0.15) is 29.5 Å². The van der Waals surface area contributed by atoms with Crippen molar-refractivity contribution in [3.05, 3.63) is 99.6 Å². The van der Waals surface area contributed by atoms with Crippen LogP contribution in [0.5, 0.6) is 5.88 Å². The first-order valence-electron chi connectivity index (χ1n) is 12.0. The fourth-order valence-corrected chi connectivity index (χ4v) is 4.90. The van der Waals surface area contributed by atoms with Gasteiger partial charge in [-0.25, -0.2) is 4.99 Å². The molecule has 0 aliphatic carbocycles. The lowest BCUT2D eigenvalue weighted by molar-refractivity contribution is -0.384. The van der Waals surface area contributed by atoms with E-state index in [1.165, 1.54) is 24.1 Å². The molecule has 184 valence electrons. The molecule has 1 unspecified atom stereocenters. The maximum atomic E-state index is 11.4. The normalized spacial score (nSPS) is 16.6. The Morgan fingerprint density at radius 2 is 1.94 bits per heavy atom. The van der Waals surface area contributed by atoms with E-state index in [0.717, 1.165) is 37.4 Å². The van der Waals surface area contributed by atoms with Crippen LogP contribution in [0.2, 0.25) is 0 Å². The first-order chi connectivity index (χ1) is 17.5. The number of benzene rings is 3. The molecule has 8 heteroatoms. The van der Waals surface area contributed by atoms with E-state index in [9.17, 15) is 15.2 Å². The summed E-state index contributed by atoms with van der Waals surface area (Å²) in [5, 5.41) is 22.8. The Morgan fingerprint density at radius 1 is 1.17 bits per heavy atom. The second kappa shape index (κ2) is 10.3. The lowest BCUT2D eigenvalue weighted by Crippen LogP contribution is -2.32. The number of aromatic nitrogens is 1. The molecule has 0 spiro atoms. The number of methoxy groups -OCH3 is 1. The molecule has 4 aromatic rings. The van der Waals surface area contributed by atoms with Crippen LogP contribution in [-0.2, 0) is 11.3 Å². The molecule has 5 rings (SSSR count). The molecule has 1 aliphatic heterocycles. The molecule has 1 aliphatic rings. The van der Waals surface area contributed by atoms with Crippen molar-refractivity contribution in [3.8, 4) is 5.88 Å². The zero-order valence-electron chi connectivity index (χ0n) is 20.1. The summed E-state index contributed by atoms with van der Waals surface area (Å²) in [5.41, 5.74) is 4.24. The summed E-state index contributed by atoms with van der Waals surface area (Å²) >= 11 is 0. The molecule has 3 aromatic carbocycles. The average molecular weight is 485 g/mol. The van der Waals surface area contributed by atoms with Crippen LogP contribution >= 0.6 is 0 Å². The lowest BCUT2D eigenvalue weighted by Gasteiger charge is -2.23. The van der Waals surface area contributed by atoms with Gasteiger partial charge in [0.1, 0.15) is 0 Å². The van der Waals surface area contributed by atoms with Crippen LogP contribution in [0.3, 0.4) is 0 Å². The number of nitro groups is 1. The molecule has 0 amide bonds. The molecule has 1 fully saturated rings. The van der Waals surface area contributed by atoms with E-state index in [-0.39, 0.29) is 11.6 Å². The van der Waals surface area contributed by atoms with Crippen LogP contribution in [0.15, 0.2) is 77.8 Å². The Hall–Kier alpha value is -4.01. The van der Waals surface area contributed by atoms with E-state index in [4.69, 9.17) is 9.73 Å². The first kappa shape index (κ1) is 23.7. The molecular weight excluding hydrogens is 456 g/mol. The number of hydrogen-bond acceptors (Lipinski definition) is 6. The summed E-state index contributed by atoms with van der Waals surface area (Å²) in [6, 6.07) is 22.5. The molecule has 1 aromatic heterocycles. The number of aromatic amines is 1. The summed E-state index contributed by atoms with van der Waals surface area (Å²) < 4.78 is 5.37. The Kier molecular flexibility index (Phi) is 6.79. The lowest BCUT2D eigenvalue weighted by atomic mass is 10.0. The van der Waals surface area contributed by atoms with Crippen molar-refractivity contribution in [3.63, 3.8) is 0 Å². The average Bonchev–Trinajstić information content (AvgIpc) is 3.46. The molecule has 1 atom stereocenters. The highest BCUT2D eigenvalue weighted by atomic mass is 16.6. The SMILES string of the molecule is COCC1CCCN1Cc1ccc(N=C(c2ccccc2)c2c(O)[nH]c3ccc([N+](=O)[O-])cc23)cc1. The third-order valence-corrected chi connectivity index (χ3v) is 6.68. The molecule has 1 saturated heterocycles. The van der Waals surface area contributed by atoms with Gasteiger partial charge in [0.2, 0.25) is 0 Å². The zero-order chi connectivity index (χ0) is 25.1. The van der Waals surface area contributed by atoms with Crippen molar-refractivity contribution in [1.82, 2.24) is 9.88 Å². The van der Waals surface area contributed by atoms with E-state index in [1.54, 1.807) is 13.2 Å². The zero-order valence-corrected chi connectivity index (χ0v) is 20.1. The largest absolute Gasteiger partial charge is 0.494 e. The number of hydrogen-bond donors (Lipinski definition) is 2. The number of ether oxygens (including phenoxy) is 1. The Bertz CT molecular complexity index is 1400. The van der Waals surface area contributed by atoms with Crippen molar-refractivity contribution in [2.75, 3.05) is 20.3 Å². The van der Waals surface area contributed by atoms with Gasteiger partial charge < -0.3 is 14.8 Å². The van der Waals surface area contributed by atoms with E-state index in [1.807, 2.05) is 42.5 Å². The predicted octanol–water partition coefficient (Wildman–Crippen LogP) is 5.56. The molecule has 0 radical (unpaired) electrons. The third-order valence-electron chi connectivity index (χ3n) is 6.68. The van der Waals surface area contributed by atoms with Gasteiger partial charge in [-0.05, 0) is 43.1 Å². The molecular formula is C28H28N4O4. The monoisotopic (exact) mass is 484 g/mol. The number of nitro benzene ring substituents is 1. The fraction of sp³-hybridized carbons (Fsp3) is 0.250. The van der Waals surface area contributed by atoms with E-state index < -0.39 is 4.92 Å². The summed E-state index contributed by atoms with van der Waals surface area (Å²) in [6.07, 6.45) is 2.34. The maximum Gasteiger partial charge on any atom is 0.270 e. The molecule has 8 nitrogen and oxygen atoms in total. The Morgan fingerprint density at radius 3 is 2.67 bits per heavy atom. The second-order valence-electron chi connectivity index (χ2n) is 9.05. The van der Waals surface area contributed by atoms with Crippen LogP contribution < -0.4 is 0 Å². The van der Waals surface area contributed by atoms with E-state index in [2.05, 4.69) is 22.0 Å². The van der Waals surface area contributed by atoms with Gasteiger partial charge in [-0.3, -0.25) is 15.0 Å². The minimum Gasteiger partial charge on any atom is -0.494 e. The highest BCUT2D eigenvalue weighted by Gasteiger charge is 2.24. The number of H-pyrrole nitrogens is 1. The van der Waals surface area contributed by atoms with Crippen LogP contribution in [-0.4, -0.2) is 51.9 Å². The fourth-order valence-electron chi connectivity index (χ4n) is 4.90. The maximum absolute atomic E-state index is 11.4. The van der Waals surface area contributed by atoms with Gasteiger partial charge in [0.05, 0.1) is 28.5 Å². The van der Waals surface area contributed by atoms with E-state index >= 15 is 0 Å². The first-order valence-corrected chi connectivity index (χ1v) is 12.0. The number of rotatable bonds is 8. The summed E-state index contributed by atoms with van der Waals surface area (Å²) in [7, 11) is 1.75. The van der Waals surface area contributed by atoms with Crippen molar-refractivity contribution < 1.29 is 14.8 Å². The Labute approximate surface area is 209 Å². The standard InChI is InChI=1S/C28H28N4O4/c1-36-18-23-8-5-15-31(23)17-19-9-11-21(12-10-19)29-27(20-6-3-2-4-7-20)26-24-16-22(32(34)35)13-14-25(24)30-28(26)33/h2-4,6-7,9-14,16,23,30,33H,5,8,15,17-18H2,1H3. The number of fused-ring (bicyclic) bond motifs is 1. The van der Waals surface area contributed by atoms with Gasteiger partial charge in [-0.15, -0.1) is 0 Å².